The lowest BCUT2D eigenvalue weighted by Crippen LogP contribution is -2.53. The maximum Gasteiger partial charge on any atom is 0.264 e. The molecule has 0 radical (unpaired) electrons. The Morgan fingerprint density at radius 2 is 1.57 bits per heavy atom. The van der Waals surface area contributed by atoms with Crippen LogP contribution in [0.3, 0.4) is 0 Å². The SMILES string of the molecule is CCCCNC(=O)[C@@H](Cc1ccccc1)N(Cc1cccc(Br)c1)C(=O)CN(c1ccc(C)c(C)c1)S(=O)(=O)c1ccc(Cl)cc1. The number of anilines is 1. The molecule has 0 saturated heterocycles. The van der Waals surface area contributed by atoms with Gasteiger partial charge in [0.05, 0.1) is 10.6 Å². The first-order valence-corrected chi connectivity index (χ1v) is 17.8. The zero-order valence-electron chi connectivity index (χ0n) is 26.2. The van der Waals surface area contributed by atoms with Crippen molar-refractivity contribution in [3.05, 3.63) is 129 Å². The molecule has 7 nitrogen and oxygen atoms in total. The maximum absolute atomic E-state index is 14.6. The summed E-state index contributed by atoms with van der Waals surface area (Å²) < 4.78 is 30.3. The predicted molar refractivity (Wildman–Crippen MR) is 188 cm³/mol. The molecule has 1 N–H and O–H groups in total. The van der Waals surface area contributed by atoms with Crippen molar-refractivity contribution in [1.82, 2.24) is 10.2 Å². The van der Waals surface area contributed by atoms with Gasteiger partial charge in [-0.15, -0.1) is 0 Å². The van der Waals surface area contributed by atoms with Crippen molar-refractivity contribution in [3.63, 3.8) is 0 Å². The van der Waals surface area contributed by atoms with Gasteiger partial charge < -0.3 is 10.2 Å². The summed E-state index contributed by atoms with van der Waals surface area (Å²) in [6.45, 7) is 5.92. The molecular formula is C36H39BrClN3O4S. The number of amides is 2. The summed E-state index contributed by atoms with van der Waals surface area (Å²) >= 11 is 9.59. The summed E-state index contributed by atoms with van der Waals surface area (Å²) in [7, 11) is -4.21. The smallest absolute Gasteiger partial charge is 0.264 e. The number of carbonyl (C=O) groups excluding carboxylic acids is 2. The quantitative estimate of drug-likeness (QED) is 0.137. The van der Waals surface area contributed by atoms with E-state index in [-0.39, 0.29) is 23.8 Å². The lowest BCUT2D eigenvalue weighted by molar-refractivity contribution is -0.140. The van der Waals surface area contributed by atoms with E-state index in [4.69, 9.17) is 11.6 Å². The van der Waals surface area contributed by atoms with Crippen LogP contribution in [0.5, 0.6) is 0 Å². The molecule has 0 spiro atoms. The molecule has 0 aromatic heterocycles. The summed E-state index contributed by atoms with van der Waals surface area (Å²) in [6.07, 6.45) is 1.95. The summed E-state index contributed by atoms with van der Waals surface area (Å²) in [5.41, 5.74) is 3.89. The van der Waals surface area contributed by atoms with Crippen LogP contribution in [0.4, 0.5) is 5.69 Å². The van der Waals surface area contributed by atoms with Crippen molar-refractivity contribution in [2.75, 3.05) is 17.4 Å². The van der Waals surface area contributed by atoms with E-state index in [0.29, 0.717) is 17.3 Å². The van der Waals surface area contributed by atoms with Gasteiger partial charge in [-0.1, -0.05) is 89.4 Å². The van der Waals surface area contributed by atoms with Gasteiger partial charge in [0.25, 0.3) is 10.0 Å². The third-order valence-electron chi connectivity index (χ3n) is 7.80. The van der Waals surface area contributed by atoms with Gasteiger partial charge in [0.1, 0.15) is 12.6 Å². The van der Waals surface area contributed by atoms with Crippen molar-refractivity contribution in [3.8, 4) is 0 Å². The summed E-state index contributed by atoms with van der Waals surface area (Å²) in [4.78, 5) is 29.9. The molecule has 10 heteroatoms. The lowest BCUT2D eigenvalue weighted by atomic mass is 10.0. The molecular weight excluding hydrogens is 686 g/mol. The second kappa shape index (κ2) is 16.3. The Morgan fingerprint density at radius 3 is 2.22 bits per heavy atom. The minimum Gasteiger partial charge on any atom is -0.354 e. The van der Waals surface area contributed by atoms with Gasteiger partial charge in [0.2, 0.25) is 11.8 Å². The van der Waals surface area contributed by atoms with E-state index in [1.165, 1.54) is 29.2 Å². The first-order valence-electron chi connectivity index (χ1n) is 15.2. The van der Waals surface area contributed by atoms with Crippen LogP contribution in [0, 0.1) is 13.8 Å². The fraction of sp³-hybridized carbons (Fsp3) is 0.278. The molecule has 0 fully saturated rings. The monoisotopic (exact) mass is 723 g/mol. The fourth-order valence-electron chi connectivity index (χ4n) is 5.04. The number of nitrogens with zero attached hydrogens (tertiary/aromatic N) is 2. The molecule has 2 amide bonds. The number of sulfonamides is 1. The predicted octanol–water partition coefficient (Wildman–Crippen LogP) is 7.47. The van der Waals surface area contributed by atoms with Crippen molar-refractivity contribution in [1.29, 1.82) is 0 Å². The van der Waals surface area contributed by atoms with Crippen LogP contribution in [0.1, 0.15) is 42.0 Å². The van der Waals surface area contributed by atoms with Crippen LogP contribution < -0.4 is 9.62 Å². The molecule has 46 heavy (non-hydrogen) atoms. The topological polar surface area (TPSA) is 86.8 Å². The zero-order valence-corrected chi connectivity index (χ0v) is 29.4. The van der Waals surface area contributed by atoms with Crippen molar-refractivity contribution < 1.29 is 18.0 Å². The number of halogens is 2. The number of aryl methyl sites for hydroxylation is 2. The van der Waals surface area contributed by atoms with Crippen LogP contribution in [-0.2, 0) is 32.6 Å². The molecule has 0 heterocycles. The fourth-order valence-corrected chi connectivity index (χ4v) is 7.01. The Kier molecular flexibility index (Phi) is 12.4. The maximum atomic E-state index is 14.6. The van der Waals surface area contributed by atoms with Gasteiger partial charge in [-0.05, 0) is 91.1 Å². The second-order valence-electron chi connectivity index (χ2n) is 11.2. The van der Waals surface area contributed by atoms with E-state index in [1.807, 2.05) is 81.4 Å². The van der Waals surface area contributed by atoms with Crippen molar-refractivity contribution in [2.24, 2.45) is 0 Å². The first kappa shape index (κ1) is 35.2. The van der Waals surface area contributed by atoms with Crippen LogP contribution in [0.25, 0.3) is 0 Å². The molecule has 0 aliphatic heterocycles. The summed E-state index contributed by atoms with van der Waals surface area (Å²) in [5.74, 6) is -0.804. The molecule has 4 aromatic carbocycles. The van der Waals surface area contributed by atoms with Crippen LogP contribution in [0.2, 0.25) is 5.02 Å². The van der Waals surface area contributed by atoms with Gasteiger partial charge in [0.15, 0.2) is 0 Å². The third-order valence-corrected chi connectivity index (χ3v) is 10.3. The molecule has 4 aromatic rings. The van der Waals surface area contributed by atoms with Crippen LogP contribution in [0.15, 0.2) is 106 Å². The van der Waals surface area contributed by atoms with E-state index >= 15 is 0 Å². The van der Waals surface area contributed by atoms with E-state index in [2.05, 4.69) is 21.2 Å². The van der Waals surface area contributed by atoms with Crippen molar-refractivity contribution >= 4 is 55.1 Å². The van der Waals surface area contributed by atoms with Crippen LogP contribution >= 0.6 is 27.5 Å². The van der Waals surface area contributed by atoms with E-state index in [0.717, 1.165) is 43.9 Å². The first-order chi connectivity index (χ1) is 22.0. The summed E-state index contributed by atoms with van der Waals surface area (Å²) in [6, 6.07) is 27.3. The Labute approximate surface area is 285 Å². The molecule has 0 saturated carbocycles. The van der Waals surface area contributed by atoms with Gasteiger partial charge in [-0.2, -0.15) is 0 Å². The van der Waals surface area contributed by atoms with Gasteiger partial charge >= 0.3 is 0 Å². The Morgan fingerprint density at radius 1 is 0.870 bits per heavy atom. The van der Waals surface area contributed by atoms with E-state index in [9.17, 15) is 18.0 Å². The van der Waals surface area contributed by atoms with Gasteiger partial charge in [-0.25, -0.2) is 8.42 Å². The van der Waals surface area contributed by atoms with Gasteiger partial charge in [-0.3, -0.25) is 13.9 Å². The second-order valence-corrected chi connectivity index (χ2v) is 14.5. The number of carbonyl (C=O) groups is 2. The number of benzene rings is 4. The van der Waals surface area contributed by atoms with E-state index < -0.39 is 28.5 Å². The van der Waals surface area contributed by atoms with Gasteiger partial charge in [0, 0.05) is 29.0 Å². The minimum atomic E-state index is -4.21. The average Bonchev–Trinajstić information content (AvgIpc) is 3.03. The largest absolute Gasteiger partial charge is 0.354 e. The minimum absolute atomic E-state index is 0.000359. The highest BCUT2D eigenvalue weighted by atomic mass is 79.9. The lowest BCUT2D eigenvalue weighted by Gasteiger charge is -2.34. The molecule has 0 unspecified atom stereocenters. The standard InChI is InChI=1S/C36H39BrClN3O4S/c1-4-5-20-39-36(43)34(23-28-10-7-6-8-11-28)40(24-29-12-9-13-30(37)22-29)35(42)25-41(32-17-14-26(2)27(3)21-32)46(44,45)33-18-15-31(38)16-19-33/h6-19,21-22,34H,4-5,20,23-25H2,1-3H3,(H,39,43)/t34-/m1/s1. The van der Waals surface area contributed by atoms with Crippen molar-refractivity contribution in [2.45, 2.75) is 57.5 Å². The number of hydrogen-bond donors (Lipinski definition) is 1. The average molecular weight is 725 g/mol. The molecule has 0 bridgehead atoms. The molecule has 4 rings (SSSR count). The molecule has 0 aliphatic carbocycles. The molecule has 242 valence electrons. The number of unbranched alkanes of at least 4 members (excludes halogenated alkanes) is 1. The molecule has 1 atom stereocenters. The highest BCUT2D eigenvalue weighted by Gasteiger charge is 2.34. The number of nitrogens with one attached hydrogen (secondary N) is 1. The Hall–Kier alpha value is -3.66. The Bertz CT molecular complexity index is 1750. The number of rotatable bonds is 14. The highest BCUT2D eigenvalue weighted by Crippen LogP contribution is 2.28. The normalized spacial score (nSPS) is 11.9. The molecule has 0 aliphatic rings. The zero-order chi connectivity index (χ0) is 33.3. The van der Waals surface area contributed by atoms with E-state index in [1.54, 1.807) is 12.1 Å². The summed E-state index contributed by atoms with van der Waals surface area (Å²) in [5, 5.41) is 3.40. The third kappa shape index (κ3) is 9.21. The Balaban J connectivity index is 1.81. The highest BCUT2D eigenvalue weighted by molar-refractivity contribution is 9.10. The number of hydrogen-bond acceptors (Lipinski definition) is 4. The van der Waals surface area contributed by atoms with Crippen LogP contribution in [-0.4, -0.2) is 44.3 Å².